The molecule has 8 nitrogen and oxygen atoms in total. The van der Waals surface area contributed by atoms with Gasteiger partial charge in [0.25, 0.3) is 0 Å². The van der Waals surface area contributed by atoms with Gasteiger partial charge in [0.2, 0.25) is 5.95 Å². The van der Waals surface area contributed by atoms with Gasteiger partial charge in [-0.1, -0.05) is 30.3 Å². The number of aromatic amines is 1. The van der Waals surface area contributed by atoms with E-state index >= 15 is 0 Å². The number of urea groups is 1. The molecule has 0 bridgehead atoms. The zero-order valence-electron chi connectivity index (χ0n) is 15.9. The van der Waals surface area contributed by atoms with E-state index in [1.165, 1.54) is 0 Å². The molecule has 8 heteroatoms. The van der Waals surface area contributed by atoms with Crippen molar-refractivity contribution in [2.75, 3.05) is 22.5 Å². The fourth-order valence-electron chi connectivity index (χ4n) is 2.99. The highest BCUT2D eigenvalue weighted by atomic mass is 16.2. The number of rotatable bonds is 6. The molecule has 0 unspecified atom stereocenters. The molecule has 4 N–H and O–H groups in total. The molecule has 2 aromatic carbocycles. The average Bonchev–Trinajstić information content (AvgIpc) is 3.21. The van der Waals surface area contributed by atoms with Crippen molar-refractivity contribution in [2.24, 2.45) is 0 Å². The van der Waals surface area contributed by atoms with E-state index in [-0.39, 0.29) is 5.95 Å². The van der Waals surface area contributed by atoms with Crippen LogP contribution in [0.3, 0.4) is 0 Å². The van der Waals surface area contributed by atoms with E-state index in [1.54, 1.807) is 12.4 Å². The number of amides is 2. The Balaban J connectivity index is 1.38. The predicted octanol–water partition coefficient (Wildman–Crippen LogP) is 3.96. The first kappa shape index (κ1) is 18.4. The number of benzene rings is 2. The summed E-state index contributed by atoms with van der Waals surface area (Å²) in [7, 11) is 0. The van der Waals surface area contributed by atoms with Gasteiger partial charge in [-0.2, -0.15) is 4.98 Å². The molecule has 0 aliphatic heterocycles. The smallest absolute Gasteiger partial charge is 0.326 e. The number of carbonyl (C=O) groups excluding carboxylic acids is 1. The number of hydrogen-bond donors (Lipinski definition) is 4. The first-order valence-corrected chi connectivity index (χ1v) is 9.30. The molecule has 0 saturated heterocycles. The lowest BCUT2D eigenvalue weighted by Gasteiger charge is -2.10. The normalized spacial score (nSPS) is 10.7. The summed E-state index contributed by atoms with van der Waals surface area (Å²) in [5, 5.41) is 10.9. The molecular formula is C21H21N7O. The Kier molecular flexibility index (Phi) is 5.33. The number of imidazole rings is 1. The molecule has 146 valence electrons. The van der Waals surface area contributed by atoms with E-state index in [0.717, 1.165) is 28.7 Å². The number of aromatic nitrogens is 4. The summed E-state index contributed by atoms with van der Waals surface area (Å²) in [6, 6.07) is 15.2. The summed E-state index contributed by atoms with van der Waals surface area (Å²) in [5.74, 6) is 1.78. The largest absolute Gasteiger partial charge is 0.369 e. The maximum absolute atomic E-state index is 12.4. The molecule has 2 aromatic heterocycles. The van der Waals surface area contributed by atoms with Gasteiger partial charge < -0.3 is 15.6 Å². The van der Waals surface area contributed by atoms with Gasteiger partial charge in [-0.3, -0.25) is 5.32 Å². The van der Waals surface area contributed by atoms with Gasteiger partial charge in [-0.05, 0) is 29.8 Å². The van der Waals surface area contributed by atoms with Crippen LogP contribution in [0.5, 0.6) is 0 Å². The predicted molar refractivity (Wildman–Crippen MR) is 114 cm³/mol. The van der Waals surface area contributed by atoms with Gasteiger partial charge in [-0.25, -0.2) is 14.8 Å². The molecule has 0 radical (unpaired) electrons. The second-order valence-corrected chi connectivity index (χ2v) is 6.57. The van der Waals surface area contributed by atoms with Gasteiger partial charge in [-0.15, -0.1) is 0 Å². The maximum atomic E-state index is 12.4. The third-order valence-electron chi connectivity index (χ3n) is 4.31. The number of nitrogens with zero attached hydrogens (tertiary/aromatic N) is 3. The number of carbonyl (C=O) groups is 1. The fraction of sp³-hybridized carbons (Fsp3) is 0.143. The minimum atomic E-state index is -0.396. The highest BCUT2D eigenvalue weighted by molar-refractivity contribution is 6.00. The van der Waals surface area contributed by atoms with Crippen LogP contribution in [-0.2, 0) is 6.42 Å². The van der Waals surface area contributed by atoms with E-state index in [1.807, 2.05) is 55.5 Å². The van der Waals surface area contributed by atoms with Gasteiger partial charge in [0.05, 0.1) is 0 Å². The van der Waals surface area contributed by atoms with Crippen molar-refractivity contribution in [2.45, 2.75) is 13.3 Å². The van der Waals surface area contributed by atoms with Crippen LogP contribution in [0.4, 0.5) is 22.2 Å². The minimum absolute atomic E-state index is 0.240. The van der Waals surface area contributed by atoms with Crippen LogP contribution in [0.15, 0.2) is 60.9 Å². The summed E-state index contributed by atoms with van der Waals surface area (Å²) < 4.78 is 0. The minimum Gasteiger partial charge on any atom is -0.369 e. The van der Waals surface area contributed by atoms with Gasteiger partial charge >= 0.3 is 6.03 Å². The number of H-pyrrole nitrogens is 1. The molecule has 2 heterocycles. The van der Waals surface area contributed by atoms with Crippen molar-refractivity contribution in [1.82, 2.24) is 19.9 Å². The maximum Gasteiger partial charge on any atom is 0.326 e. The molecule has 0 saturated carbocycles. The van der Waals surface area contributed by atoms with Crippen molar-refractivity contribution in [1.29, 1.82) is 0 Å². The molecule has 29 heavy (non-hydrogen) atoms. The number of fused-ring (bicyclic) bond motifs is 1. The van der Waals surface area contributed by atoms with E-state index in [4.69, 9.17) is 0 Å². The summed E-state index contributed by atoms with van der Waals surface area (Å²) in [6.45, 7) is 2.51. The Morgan fingerprint density at radius 2 is 1.90 bits per heavy atom. The second kappa shape index (κ2) is 8.39. The van der Waals surface area contributed by atoms with Crippen molar-refractivity contribution < 1.29 is 4.79 Å². The van der Waals surface area contributed by atoms with Crippen molar-refractivity contribution in [3.63, 3.8) is 0 Å². The van der Waals surface area contributed by atoms with Crippen molar-refractivity contribution in [3.05, 3.63) is 72.4 Å². The third kappa shape index (κ3) is 4.86. The van der Waals surface area contributed by atoms with Crippen LogP contribution in [0.25, 0.3) is 10.8 Å². The number of hydrogen-bond acceptors (Lipinski definition) is 5. The van der Waals surface area contributed by atoms with Gasteiger partial charge in [0, 0.05) is 42.8 Å². The summed E-state index contributed by atoms with van der Waals surface area (Å²) in [6.07, 6.45) is 4.25. The monoisotopic (exact) mass is 387 g/mol. The first-order chi connectivity index (χ1) is 14.2. The first-order valence-electron chi connectivity index (χ1n) is 9.30. The quantitative estimate of drug-likeness (QED) is 0.401. The zero-order chi connectivity index (χ0) is 20.1. The van der Waals surface area contributed by atoms with Crippen LogP contribution < -0.4 is 16.0 Å². The molecule has 0 aliphatic rings. The topological polar surface area (TPSA) is 108 Å². The van der Waals surface area contributed by atoms with Crippen LogP contribution in [0, 0.1) is 6.92 Å². The molecule has 0 fully saturated rings. The Hall–Kier alpha value is -3.94. The molecule has 2 amide bonds. The van der Waals surface area contributed by atoms with Crippen LogP contribution in [-0.4, -0.2) is 32.5 Å². The van der Waals surface area contributed by atoms with Crippen LogP contribution in [0.1, 0.15) is 11.5 Å². The molecule has 4 aromatic rings. The SMILES string of the molecule is Cc1cc(NCCc2ncc[nH]2)nc(NC(=O)Nc2ccc3ccccc3c2)n1. The Morgan fingerprint density at radius 1 is 1.03 bits per heavy atom. The van der Waals surface area contributed by atoms with Gasteiger partial charge in [0.15, 0.2) is 0 Å². The highest BCUT2D eigenvalue weighted by Crippen LogP contribution is 2.19. The Bertz CT molecular complexity index is 1130. The van der Waals surface area contributed by atoms with E-state index < -0.39 is 6.03 Å². The van der Waals surface area contributed by atoms with Gasteiger partial charge in [0.1, 0.15) is 11.6 Å². The Labute approximate surface area is 167 Å². The van der Waals surface area contributed by atoms with E-state index in [2.05, 4.69) is 35.9 Å². The van der Waals surface area contributed by atoms with E-state index in [9.17, 15) is 4.79 Å². The standard InChI is InChI=1S/C21H21N7O/c1-14-12-19(22-9-8-18-23-10-11-24-18)27-20(25-14)28-21(29)26-17-7-6-15-4-2-3-5-16(15)13-17/h2-7,10-13H,8-9H2,1H3,(H,23,24)(H3,22,25,26,27,28,29). The van der Waals surface area contributed by atoms with Crippen molar-refractivity contribution >= 4 is 34.3 Å². The highest BCUT2D eigenvalue weighted by Gasteiger charge is 2.08. The molecule has 4 rings (SSSR count). The fourth-order valence-corrected chi connectivity index (χ4v) is 2.99. The number of nitrogens with one attached hydrogen (secondary N) is 4. The molecule has 0 atom stereocenters. The number of anilines is 3. The summed E-state index contributed by atoms with van der Waals surface area (Å²) in [4.78, 5) is 28.3. The van der Waals surface area contributed by atoms with Crippen LogP contribution in [0.2, 0.25) is 0 Å². The lowest BCUT2D eigenvalue weighted by atomic mass is 10.1. The molecular weight excluding hydrogens is 366 g/mol. The lowest BCUT2D eigenvalue weighted by Crippen LogP contribution is -2.21. The number of aryl methyl sites for hydroxylation is 1. The second-order valence-electron chi connectivity index (χ2n) is 6.57. The lowest BCUT2D eigenvalue weighted by molar-refractivity contribution is 0.262. The molecule has 0 aliphatic carbocycles. The van der Waals surface area contributed by atoms with E-state index in [0.29, 0.717) is 18.1 Å². The van der Waals surface area contributed by atoms with Crippen LogP contribution >= 0.6 is 0 Å². The zero-order valence-corrected chi connectivity index (χ0v) is 15.9. The molecule has 0 spiro atoms. The summed E-state index contributed by atoms with van der Waals surface area (Å²) >= 11 is 0. The van der Waals surface area contributed by atoms with Crippen molar-refractivity contribution in [3.8, 4) is 0 Å². The summed E-state index contributed by atoms with van der Waals surface area (Å²) in [5.41, 5.74) is 1.45. The Morgan fingerprint density at radius 3 is 2.72 bits per heavy atom. The average molecular weight is 387 g/mol. The third-order valence-corrected chi connectivity index (χ3v) is 4.31.